The van der Waals surface area contributed by atoms with E-state index in [9.17, 15) is 4.79 Å². The third-order valence-electron chi connectivity index (χ3n) is 3.41. The fourth-order valence-electron chi connectivity index (χ4n) is 2.05. The van der Waals surface area contributed by atoms with Gasteiger partial charge in [-0.25, -0.2) is 9.97 Å². The summed E-state index contributed by atoms with van der Waals surface area (Å²) in [6.45, 7) is 0.362. The van der Waals surface area contributed by atoms with Crippen molar-refractivity contribution in [3.63, 3.8) is 0 Å². The molecule has 3 aromatic rings. The number of methoxy groups -OCH3 is 1. The summed E-state index contributed by atoms with van der Waals surface area (Å²) in [5.41, 5.74) is 1.26. The highest BCUT2D eigenvalue weighted by atomic mass is 32.1. The van der Waals surface area contributed by atoms with Gasteiger partial charge < -0.3 is 19.9 Å². The Kier molecular flexibility index (Phi) is 4.76. The van der Waals surface area contributed by atoms with Gasteiger partial charge in [0.25, 0.3) is 5.91 Å². The molecule has 0 atom stereocenters. The topological polar surface area (TPSA) is 81.1 Å². The quantitative estimate of drug-likeness (QED) is 0.719. The van der Waals surface area contributed by atoms with Crippen LogP contribution in [-0.2, 0) is 13.6 Å². The predicted molar refractivity (Wildman–Crippen MR) is 92.8 cm³/mol. The van der Waals surface area contributed by atoms with E-state index in [-0.39, 0.29) is 5.91 Å². The van der Waals surface area contributed by atoms with Crippen molar-refractivity contribution < 1.29 is 9.53 Å². The molecule has 2 N–H and O–H groups in total. The Balaban J connectivity index is 1.59. The number of imidazole rings is 1. The minimum Gasteiger partial charge on any atom is -0.497 e. The molecule has 24 heavy (non-hydrogen) atoms. The van der Waals surface area contributed by atoms with Crippen LogP contribution in [0.5, 0.6) is 5.75 Å². The maximum absolute atomic E-state index is 12.2. The summed E-state index contributed by atoms with van der Waals surface area (Å²) in [5.74, 6) is 1.35. The van der Waals surface area contributed by atoms with Gasteiger partial charge in [0.05, 0.1) is 13.7 Å². The van der Waals surface area contributed by atoms with Gasteiger partial charge in [-0.3, -0.25) is 4.79 Å². The number of amides is 1. The summed E-state index contributed by atoms with van der Waals surface area (Å²) in [5, 5.41) is 8.35. The second-order valence-electron chi connectivity index (χ2n) is 5.03. The van der Waals surface area contributed by atoms with Gasteiger partial charge >= 0.3 is 0 Å². The molecule has 0 saturated carbocycles. The van der Waals surface area contributed by atoms with Crippen LogP contribution in [0.3, 0.4) is 0 Å². The van der Waals surface area contributed by atoms with Gasteiger partial charge in [-0.1, -0.05) is 0 Å². The molecular weight excluding hydrogens is 326 g/mol. The van der Waals surface area contributed by atoms with Crippen molar-refractivity contribution in [2.75, 3.05) is 12.4 Å². The highest BCUT2D eigenvalue weighted by molar-refractivity contribution is 7.14. The molecule has 124 valence electrons. The number of anilines is 2. The lowest BCUT2D eigenvalue weighted by Crippen LogP contribution is -2.24. The average Bonchev–Trinajstić information content (AvgIpc) is 3.22. The van der Waals surface area contributed by atoms with Crippen LogP contribution in [0.4, 0.5) is 10.8 Å². The summed E-state index contributed by atoms with van der Waals surface area (Å²) in [6, 6.07) is 7.49. The maximum Gasteiger partial charge on any atom is 0.271 e. The van der Waals surface area contributed by atoms with Crippen molar-refractivity contribution in [3.8, 4) is 5.75 Å². The van der Waals surface area contributed by atoms with E-state index in [1.807, 2.05) is 42.1 Å². The van der Waals surface area contributed by atoms with E-state index in [1.165, 1.54) is 11.3 Å². The highest BCUT2D eigenvalue weighted by Gasteiger charge is 2.11. The molecule has 8 heteroatoms. The van der Waals surface area contributed by atoms with Gasteiger partial charge in [-0.15, -0.1) is 11.3 Å². The van der Waals surface area contributed by atoms with Crippen LogP contribution in [0.25, 0.3) is 0 Å². The molecule has 0 radical (unpaired) electrons. The molecule has 3 rings (SSSR count). The van der Waals surface area contributed by atoms with E-state index in [2.05, 4.69) is 20.6 Å². The van der Waals surface area contributed by atoms with Gasteiger partial charge in [-0.05, 0) is 24.3 Å². The number of ether oxygens (including phenoxy) is 1. The van der Waals surface area contributed by atoms with Crippen LogP contribution in [0.2, 0.25) is 0 Å². The second kappa shape index (κ2) is 7.14. The number of nitrogens with zero attached hydrogens (tertiary/aromatic N) is 3. The zero-order chi connectivity index (χ0) is 16.9. The van der Waals surface area contributed by atoms with Crippen LogP contribution in [0.1, 0.15) is 16.3 Å². The molecule has 0 saturated heterocycles. The standard InChI is InChI=1S/C16H17N5O2S/c1-21-8-7-17-14(21)9-18-15(22)13-10-24-16(20-13)19-11-3-5-12(23-2)6-4-11/h3-8,10H,9H2,1-2H3,(H,18,22)(H,19,20). The first-order chi connectivity index (χ1) is 11.7. The minimum atomic E-state index is -0.225. The summed E-state index contributed by atoms with van der Waals surface area (Å²) in [6.07, 6.45) is 3.53. The molecular formula is C16H17N5O2S. The van der Waals surface area contributed by atoms with Crippen molar-refractivity contribution in [1.29, 1.82) is 0 Å². The SMILES string of the molecule is COc1ccc(Nc2nc(C(=O)NCc3nccn3C)cs2)cc1. The number of carbonyl (C=O) groups excluding carboxylic acids is 1. The van der Waals surface area contributed by atoms with Gasteiger partial charge in [-0.2, -0.15) is 0 Å². The fraction of sp³-hybridized carbons (Fsp3) is 0.188. The lowest BCUT2D eigenvalue weighted by molar-refractivity contribution is 0.0945. The van der Waals surface area contributed by atoms with Crippen molar-refractivity contribution in [3.05, 3.63) is 53.6 Å². The maximum atomic E-state index is 12.2. The number of nitrogens with one attached hydrogen (secondary N) is 2. The van der Waals surface area contributed by atoms with Crippen LogP contribution in [-0.4, -0.2) is 27.6 Å². The van der Waals surface area contributed by atoms with Crippen LogP contribution in [0, 0.1) is 0 Å². The molecule has 0 aliphatic heterocycles. The highest BCUT2D eigenvalue weighted by Crippen LogP contribution is 2.22. The third kappa shape index (κ3) is 3.72. The summed E-state index contributed by atoms with van der Waals surface area (Å²) < 4.78 is 6.98. The number of aryl methyl sites for hydroxylation is 1. The van der Waals surface area contributed by atoms with Crippen molar-refractivity contribution in [1.82, 2.24) is 19.9 Å². The second-order valence-corrected chi connectivity index (χ2v) is 5.89. The Morgan fingerprint density at radius 3 is 2.79 bits per heavy atom. The lowest BCUT2D eigenvalue weighted by atomic mass is 10.3. The molecule has 7 nitrogen and oxygen atoms in total. The molecule has 0 unspecified atom stereocenters. The van der Waals surface area contributed by atoms with Gasteiger partial charge in [0.15, 0.2) is 5.13 Å². The largest absolute Gasteiger partial charge is 0.497 e. The molecule has 2 heterocycles. The number of hydrogen-bond donors (Lipinski definition) is 2. The van der Waals surface area contributed by atoms with Gasteiger partial charge in [0.2, 0.25) is 0 Å². The van der Waals surface area contributed by atoms with Gasteiger partial charge in [0, 0.05) is 30.5 Å². The van der Waals surface area contributed by atoms with E-state index in [4.69, 9.17) is 4.74 Å². The summed E-state index contributed by atoms with van der Waals surface area (Å²) in [7, 11) is 3.51. The van der Waals surface area contributed by atoms with Gasteiger partial charge in [0.1, 0.15) is 17.3 Å². The fourth-order valence-corrected chi connectivity index (χ4v) is 2.76. The monoisotopic (exact) mass is 343 g/mol. The lowest BCUT2D eigenvalue weighted by Gasteiger charge is -2.04. The zero-order valence-corrected chi connectivity index (χ0v) is 14.1. The average molecular weight is 343 g/mol. The molecule has 1 amide bonds. The molecule has 2 aromatic heterocycles. The zero-order valence-electron chi connectivity index (χ0n) is 13.3. The first kappa shape index (κ1) is 16.0. The molecule has 0 fully saturated rings. The van der Waals surface area contributed by atoms with Crippen LogP contribution in [0.15, 0.2) is 42.0 Å². The molecule has 0 aliphatic carbocycles. The molecule has 0 aliphatic rings. The Hall–Kier alpha value is -2.87. The van der Waals surface area contributed by atoms with E-state index in [0.717, 1.165) is 17.3 Å². The Labute approximate surface area is 143 Å². The third-order valence-corrected chi connectivity index (χ3v) is 4.16. The van der Waals surface area contributed by atoms with E-state index in [0.29, 0.717) is 17.4 Å². The van der Waals surface area contributed by atoms with Crippen LogP contribution >= 0.6 is 11.3 Å². The van der Waals surface area contributed by atoms with E-state index >= 15 is 0 Å². The summed E-state index contributed by atoms with van der Waals surface area (Å²) in [4.78, 5) is 20.6. The number of thiazole rings is 1. The van der Waals surface area contributed by atoms with Crippen molar-refractivity contribution in [2.45, 2.75) is 6.54 Å². The number of rotatable bonds is 6. The Morgan fingerprint density at radius 1 is 1.33 bits per heavy atom. The van der Waals surface area contributed by atoms with Crippen molar-refractivity contribution in [2.24, 2.45) is 7.05 Å². The number of hydrogen-bond acceptors (Lipinski definition) is 6. The van der Waals surface area contributed by atoms with Crippen LogP contribution < -0.4 is 15.4 Å². The molecule has 1 aromatic carbocycles. The Bertz CT molecular complexity index is 825. The Morgan fingerprint density at radius 2 is 2.12 bits per heavy atom. The normalized spacial score (nSPS) is 10.4. The molecule has 0 bridgehead atoms. The molecule has 0 spiro atoms. The number of benzene rings is 1. The van der Waals surface area contributed by atoms with E-state index < -0.39 is 0 Å². The first-order valence-corrected chi connectivity index (χ1v) is 8.14. The number of carbonyl (C=O) groups is 1. The minimum absolute atomic E-state index is 0.225. The van der Waals surface area contributed by atoms with Crippen molar-refractivity contribution >= 4 is 28.1 Å². The smallest absolute Gasteiger partial charge is 0.271 e. The first-order valence-electron chi connectivity index (χ1n) is 7.26. The summed E-state index contributed by atoms with van der Waals surface area (Å²) >= 11 is 1.37. The number of aromatic nitrogens is 3. The predicted octanol–water partition coefficient (Wildman–Crippen LogP) is 2.56. The van der Waals surface area contributed by atoms with E-state index in [1.54, 1.807) is 18.7 Å².